The normalized spacial score (nSPS) is 20.6. The molecular formula is C13H23N3O3S. The molecule has 1 N–H and O–H groups in total. The molecule has 1 fully saturated rings. The van der Waals surface area contributed by atoms with Crippen LogP contribution in [0, 0.1) is 0 Å². The summed E-state index contributed by atoms with van der Waals surface area (Å²) < 4.78 is 34.0. The number of nitrogens with one attached hydrogen (secondary N) is 1. The fourth-order valence-electron chi connectivity index (χ4n) is 2.55. The van der Waals surface area contributed by atoms with E-state index in [0.29, 0.717) is 24.5 Å². The molecule has 1 aromatic rings. The van der Waals surface area contributed by atoms with Gasteiger partial charge in [0, 0.05) is 45.2 Å². The predicted octanol–water partition coefficient (Wildman–Crippen LogP) is 0.637. The third kappa shape index (κ3) is 2.90. The third-order valence-corrected chi connectivity index (χ3v) is 5.57. The van der Waals surface area contributed by atoms with E-state index in [4.69, 9.17) is 4.74 Å². The van der Waals surface area contributed by atoms with E-state index in [-0.39, 0.29) is 6.10 Å². The Bertz CT molecular complexity index is 553. The second-order valence-corrected chi connectivity index (χ2v) is 6.93. The SMILES string of the molecule is CCn1cc(S(=O)(=O)N2CCC(OC)C2)cc1CNC. The van der Waals surface area contributed by atoms with Crippen LogP contribution in [0.15, 0.2) is 17.2 Å². The second-order valence-electron chi connectivity index (χ2n) is 4.99. The lowest BCUT2D eigenvalue weighted by molar-refractivity contribution is 0.115. The molecule has 1 aliphatic rings. The van der Waals surface area contributed by atoms with Crippen LogP contribution in [0.2, 0.25) is 0 Å². The molecule has 2 heterocycles. The van der Waals surface area contributed by atoms with Crippen molar-refractivity contribution in [2.24, 2.45) is 0 Å². The standard InChI is InChI=1S/C13H23N3O3S/c1-4-15-10-13(7-11(15)8-14-2)20(17,18)16-6-5-12(9-16)19-3/h7,10,12,14H,4-6,8-9H2,1-3H3. The minimum absolute atomic E-state index is 0.00909. The summed E-state index contributed by atoms with van der Waals surface area (Å²) in [5.74, 6) is 0. The summed E-state index contributed by atoms with van der Waals surface area (Å²) in [6.45, 7) is 4.39. The van der Waals surface area contributed by atoms with Crippen LogP contribution >= 0.6 is 0 Å². The lowest BCUT2D eigenvalue weighted by atomic mass is 10.3. The zero-order chi connectivity index (χ0) is 14.8. The molecule has 7 heteroatoms. The smallest absolute Gasteiger partial charge is 0.244 e. The number of ether oxygens (including phenoxy) is 1. The Kier molecular flexibility index (Phi) is 4.85. The molecule has 114 valence electrons. The van der Waals surface area contributed by atoms with Gasteiger partial charge in [-0.2, -0.15) is 4.31 Å². The van der Waals surface area contributed by atoms with Gasteiger partial charge in [-0.15, -0.1) is 0 Å². The number of sulfonamides is 1. The first-order chi connectivity index (χ1) is 9.52. The van der Waals surface area contributed by atoms with Crippen molar-refractivity contribution in [3.63, 3.8) is 0 Å². The number of hydrogen-bond donors (Lipinski definition) is 1. The molecule has 1 atom stereocenters. The van der Waals surface area contributed by atoms with Crippen molar-refractivity contribution < 1.29 is 13.2 Å². The van der Waals surface area contributed by atoms with E-state index in [9.17, 15) is 8.42 Å². The van der Waals surface area contributed by atoms with E-state index in [2.05, 4.69) is 5.32 Å². The maximum absolute atomic E-state index is 12.6. The van der Waals surface area contributed by atoms with Crippen LogP contribution in [0.5, 0.6) is 0 Å². The van der Waals surface area contributed by atoms with Gasteiger partial charge in [0.25, 0.3) is 0 Å². The molecule has 6 nitrogen and oxygen atoms in total. The van der Waals surface area contributed by atoms with Crippen molar-refractivity contribution in [1.82, 2.24) is 14.2 Å². The van der Waals surface area contributed by atoms with Gasteiger partial charge in [0.1, 0.15) is 4.90 Å². The molecular weight excluding hydrogens is 278 g/mol. The first kappa shape index (κ1) is 15.5. The van der Waals surface area contributed by atoms with E-state index in [1.165, 1.54) is 4.31 Å². The molecule has 1 unspecified atom stereocenters. The summed E-state index contributed by atoms with van der Waals surface area (Å²) in [6.07, 6.45) is 2.49. The highest BCUT2D eigenvalue weighted by molar-refractivity contribution is 7.89. The summed E-state index contributed by atoms with van der Waals surface area (Å²) in [7, 11) is 0.0693. The molecule has 1 aliphatic heterocycles. The van der Waals surface area contributed by atoms with Crippen LogP contribution in [0.25, 0.3) is 0 Å². The van der Waals surface area contributed by atoms with E-state index in [1.807, 2.05) is 18.5 Å². The number of aromatic nitrogens is 1. The van der Waals surface area contributed by atoms with E-state index >= 15 is 0 Å². The Hall–Kier alpha value is -0.890. The van der Waals surface area contributed by atoms with Gasteiger partial charge < -0.3 is 14.6 Å². The summed E-state index contributed by atoms with van der Waals surface area (Å²) in [5.41, 5.74) is 0.982. The van der Waals surface area contributed by atoms with Crippen molar-refractivity contribution in [3.8, 4) is 0 Å². The summed E-state index contributed by atoms with van der Waals surface area (Å²) >= 11 is 0. The average molecular weight is 301 g/mol. The zero-order valence-electron chi connectivity index (χ0n) is 12.3. The highest BCUT2D eigenvalue weighted by Gasteiger charge is 2.33. The minimum Gasteiger partial charge on any atom is -0.380 e. The van der Waals surface area contributed by atoms with Crippen molar-refractivity contribution in [1.29, 1.82) is 0 Å². The van der Waals surface area contributed by atoms with Gasteiger partial charge in [0.2, 0.25) is 10.0 Å². The fourth-order valence-corrected chi connectivity index (χ4v) is 4.10. The predicted molar refractivity (Wildman–Crippen MR) is 77.0 cm³/mol. The Labute approximate surface area is 120 Å². The lowest BCUT2D eigenvalue weighted by Crippen LogP contribution is -2.29. The molecule has 0 bridgehead atoms. The molecule has 0 aromatic carbocycles. The van der Waals surface area contributed by atoms with Crippen molar-refractivity contribution >= 4 is 10.0 Å². The maximum Gasteiger partial charge on any atom is 0.244 e. The Morgan fingerprint density at radius 3 is 2.80 bits per heavy atom. The minimum atomic E-state index is -3.41. The lowest BCUT2D eigenvalue weighted by Gasteiger charge is -2.15. The van der Waals surface area contributed by atoms with Crippen LogP contribution in [-0.2, 0) is 27.8 Å². The van der Waals surface area contributed by atoms with E-state index < -0.39 is 10.0 Å². The summed E-state index contributed by atoms with van der Waals surface area (Å²) in [6, 6.07) is 1.76. The van der Waals surface area contributed by atoms with Crippen molar-refractivity contribution in [3.05, 3.63) is 18.0 Å². The van der Waals surface area contributed by atoms with Gasteiger partial charge in [0.05, 0.1) is 6.10 Å². The maximum atomic E-state index is 12.6. The van der Waals surface area contributed by atoms with Crippen LogP contribution in [0.1, 0.15) is 19.0 Å². The van der Waals surface area contributed by atoms with Crippen LogP contribution in [0.4, 0.5) is 0 Å². The second kappa shape index (κ2) is 6.26. The highest BCUT2D eigenvalue weighted by Crippen LogP contribution is 2.24. The Balaban J connectivity index is 2.26. The fraction of sp³-hybridized carbons (Fsp3) is 0.692. The van der Waals surface area contributed by atoms with Crippen LogP contribution in [-0.4, -0.2) is 50.6 Å². The largest absolute Gasteiger partial charge is 0.380 e. The summed E-state index contributed by atoms with van der Waals surface area (Å²) in [4.78, 5) is 0.376. The number of aryl methyl sites for hydroxylation is 1. The molecule has 0 aliphatic carbocycles. The van der Waals surface area contributed by atoms with Gasteiger partial charge in [-0.3, -0.25) is 0 Å². The molecule has 0 saturated carbocycles. The van der Waals surface area contributed by atoms with Gasteiger partial charge in [-0.25, -0.2) is 8.42 Å². The average Bonchev–Trinajstić information content (AvgIpc) is 3.05. The first-order valence-electron chi connectivity index (χ1n) is 6.89. The van der Waals surface area contributed by atoms with E-state index in [0.717, 1.165) is 18.7 Å². The third-order valence-electron chi connectivity index (χ3n) is 3.74. The Morgan fingerprint density at radius 1 is 1.50 bits per heavy atom. The van der Waals surface area contributed by atoms with Gasteiger partial charge in [-0.1, -0.05) is 0 Å². The molecule has 0 spiro atoms. The number of rotatable bonds is 6. The van der Waals surface area contributed by atoms with Gasteiger partial charge in [-0.05, 0) is 26.5 Å². The topological polar surface area (TPSA) is 63.6 Å². The molecule has 20 heavy (non-hydrogen) atoms. The van der Waals surface area contributed by atoms with E-state index in [1.54, 1.807) is 19.4 Å². The number of nitrogens with zero attached hydrogens (tertiary/aromatic N) is 2. The summed E-state index contributed by atoms with van der Waals surface area (Å²) in [5, 5.41) is 3.06. The number of hydrogen-bond acceptors (Lipinski definition) is 4. The van der Waals surface area contributed by atoms with Gasteiger partial charge in [0.15, 0.2) is 0 Å². The first-order valence-corrected chi connectivity index (χ1v) is 8.33. The quantitative estimate of drug-likeness (QED) is 0.837. The van der Waals surface area contributed by atoms with Crippen molar-refractivity contribution in [2.45, 2.75) is 37.4 Å². The molecule has 1 aromatic heterocycles. The molecule has 1 saturated heterocycles. The molecule has 2 rings (SSSR count). The zero-order valence-corrected chi connectivity index (χ0v) is 13.1. The van der Waals surface area contributed by atoms with Crippen LogP contribution < -0.4 is 5.32 Å². The molecule has 0 amide bonds. The number of methoxy groups -OCH3 is 1. The highest BCUT2D eigenvalue weighted by atomic mass is 32.2. The monoisotopic (exact) mass is 301 g/mol. The Morgan fingerprint density at radius 2 is 2.25 bits per heavy atom. The van der Waals surface area contributed by atoms with Gasteiger partial charge >= 0.3 is 0 Å². The van der Waals surface area contributed by atoms with Crippen molar-refractivity contribution in [2.75, 3.05) is 27.2 Å². The molecule has 0 radical (unpaired) electrons. The van der Waals surface area contributed by atoms with Crippen LogP contribution in [0.3, 0.4) is 0 Å².